The quantitative estimate of drug-likeness (QED) is 0.588. The van der Waals surface area contributed by atoms with Crippen molar-refractivity contribution in [2.75, 3.05) is 20.3 Å². The molecular weight excluding hydrogens is 350 g/mol. The number of fused-ring (bicyclic) bond motifs is 1. The van der Waals surface area contributed by atoms with Crippen LogP contribution >= 0.6 is 11.6 Å². The number of hydrogen-bond donors (Lipinski definition) is 0. The second-order valence-corrected chi connectivity index (χ2v) is 5.74. The summed E-state index contributed by atoms with van der Waals surface area (Å²) in [6.07, 6.45) is 0.773. The molecule has 1 heterocycles. The molecule has 0 unspecified atom stereocenters. The van der Waals surface area contributed by atoms with Crippen molar-refractivity contribution in [1.29, 1.82) is 0 Å². The zero-order chi connectivity index (χ0) is 17.8. The second-order valence-electron chi connectivity index (χ2n) is 5.33. The zero-order valence-corrected chi connectivity index (χ0v) is 14.2. The van der Waals surface area contributed by atoms with Gasteiger partial charge in [-0.2, -0.15) is 0 Å². The van der Waals surface area contributed by atoms with Crippen molar-refractivity contribution in [3.8, 4) is 23.0 Å². The van der Waals surface area contributed by atoms with E-state index in [1.165, 1.54) is 19.2 Å². The smallest absolute Gasteiger partial charge is 0.314 e. The largest absolute Gasteiger partial charge is 0.496 e. The van der Waals surface area contributed by atoms with Gasteiger partial charge in [-0.15, -0.1) is 0 Å². The number of nitro groups is 1. The minimum absolute atomic E-state index is 0.101. The number of rotatable bonds is 5. The van der Waals surface area contributed by atoms with Crippen LogP contribution in [0.15, 0.2) is 30.3 Å². The van der Waals surface area contributed by atoms with Gasteiger partial charge in [0.15, 0.2) is 17.2 Å². The molecule has 3 rings (SSSR count). The number of nitro benzene ring substituents is 1. The molecule has 0 atom stereocenters. The fourth-order valence-electron chi connectivity index (χ4n) is 2.42. The van der Waals surface area contributed by atoms with Crippen LogP contribution in [0, 0.1) is 10.1 Å². The fraction of sp³-hybridized carbons (Fsp3) is 0.294. The highest BCUT2D eigenvalue weighted by Gasteiger charge is 2.19. The van der Waals surface area contributed by atoms with E-state index in [-0.39, 0.29) is 18.0 Å². The minimum Gasteiger partial charge on any atom is -0.496 e. The van der Waals surface area contributed by atoms with Gasteiger partial charge in [-0.25, -0.2) is 0 Å². The Kier molecular flexibility index (Phi) is 5.14. The van der Waals surface area contributed by atoms with Gasteiger partial charge in [-0.1, -0.05) is 11.6 Å². The van der Waals surface area contributed by atoms with Crippen LogP contribution in [-0.4, -0.2) is 25.2 Å². The number of methoxy groups -OCH3 is 1. The van der Waals surface area contributed by atoms with Crippen molar-refractivity contribution in [3.63, 3.8) is 0 Å². The van der Waals surface area contributed by atoms with Gasteiger partial charge < -0.3 is 18.9 Å². The molecule has 0 aromatic heterocycles. The van der Waals surface area contributed by atoms with Crippen LogP contribution < -0.4 is 18.9 Å². The van der Waals surface area contributed by atoms with Gasteiger partial charge >= 0.3 is 5.69 Å². The van der Waals surface area contributed by atoms with E-state index in [2.05, 4.69) is 0 Å². The van der Waals surface area contributed by atoms with Crippen LogP contribution in [-0.2, 0) is 6.61 Å². The maximum Gasteiger partial charge on any atom is 0.314 e. The first-order chi connectivity index (χ1) is 12.1. The molecule has 7 nitrogen and oxygen atoms in total. The van der Waals surface area contributed by atoms with Crippen LogP contribution in [0.25, 0.3) is 0 Å². The maximum atomic E-state index is 11.2. The molecule has 25 heavy (non-hydrogen) atoms. The van der Waals surface area contributed by atoms with Gasteiger partial charge in [0.25, 0.3) is 0 Å². The van der Waals surface area contributed by atoms with Crippen molar-refractivity contribution < 1.29 is 23.9 Å². The highest BCUT2D eigenvalue weighted by molar-refractivity contribution is 6.32. The standard InChI is InChI=1S/C17H16ClNO6/c1-22-12-3-4-15(14(9-12)19(20)21)25-10-11-7-13(18)17-16(8-11)23-5-2-6-24-17/h3-4,7-9H,2,5-6,10H2,1H3. The lowest BCUT2D eigenvalue weighted by atomic mass is 10.2. The third kappa shape index (κ3) is 3.88. The van der Waals surface area contributed by atoms with E-state index in [4.69, 9.17) is 30.5 Å². The van der Waals surface area contributed by atoms with Crippen LogP contribution in [0.2, 0.25) is 5.02 Å². The third-order valence-corrected chi connectivity index (χ3v) is 3.90. The lowest BCUT2D eigenvalue weighted by molar-refractivity contribution is -0.386. The average Bonchev–Trinajstić information content (AvgIpc) is 2.85. The van der Waals surface area contributed by atoms with Gasteiger partial charge in [-0.05, 0) is 29.8 Å². The summed E-state index contributed by atoms with van der Waals surface area (Å²) in [5.41, 5.74) is 0.555. The highest BCUT2D eigenvalue weighted by Crippen LogP contribution is 2.38. The number of hydrogen-bond acceptors (Lipinski definition) is 6. The summed E-state index contributed by atoms with van der Waals surface area (Å²) in [4.78, 5) is 10.7. The number of nitrogens with zero attached hydrogens (tertiary/aromatic N) is 1. The van der Waals surface area contributed by atoms with Gasteiger partial charge in [0, 0.05) is 6.42 Å². The van der Waals surface area contributed by atoms with Crippen molar-refractivity contribution in [2.45, 2.75) is 13.0 Å². The SMILES string of the molecule is COc1ccc(OCc2cc(Cl)c3c(c2)OCCCO3)c([N+](=O)[O-])c1. The molecule has 0 fully saturated rings. The van der Waals surface area contributed by atoms with Crippen LogP contribution in [0.1, 0.15) is 12.0 Å². The molecular formula is C17H16ClNO6. The summed E-state index contributed by atoms with van der Waals surface area (Å²) in [5.74, 6) is 1.60. The number of benzene rings is 2. The molecule has 0 radical (unpaired) electrons. The second kappa shape index (κ2) is 7.48. The Morgan fingerprint density at radius 2 is 2.04 bits per heavy atom. The summed E-state index contributed by atoms with van der Waals surface area (Å²) in [6.45, 7) is 1.18. The van der Waals surface area contributed by atoms with E-state index in [0.717, 1.165) is 12.0 Å². The number of halogens is 1. The molecule has 0 saturated heterocycles. The Hall–Kier alpha value is -2.67. The first-order valence-electron chi connectivity index (χ1n) is 7.61. The van der Waals surface area contributed by atoms with Gasteiger partial charge in [-0.3, -0.25) is 10.1 Å². The Labute approximate surface area is 149 Å². The van der Waals surface area contributed by atoms with Crippen LogP contribution in [0.4, 0.5) is 5.69 Å². The van der Waals surface area contributed by atoms with Crippen LogP contribution in [0.3, 0.4) is 0 Å². The predicted octanol–water partition coefficient (Wildman–Crippen LogP) is 4.00. The average molecular weight is 366 g/mol. The van der Waals surface area contributed by atoms with E-state index < -0.39 is 4.92 Å². The monoisotopic (exact) mass is 365 g/mol. The molecule has 0 spiro atoms. The Morgan fingerprint density at radius 1 is 1.24 bits per heavy atom. The Bertz CT molecular complexity index is 795. The van der Waals surface area contributed by atoms with E-state index >= 15 is 0 Å². The van der Waals surface area contributed by atoms with E-state index in [1.54, 1.807) is 18.2 Å². The summed E-state index contributed by atoms with van der Waals surface area (Å²) in [7, 11) is 1.44. The molecule has 1 aliphatic rings. The minimum atomic E-state index is -0.515. The summed E-state index contributed by atoms with van der Waals surface area (Å²) >= 11 is 6.24. The summed E-state index contributed by atoms with van der Waals surface area (Å²) in [6, 6.07) is 7.88. The first-order valence-corrected chi connectivity index (χ1v) is 7.99. The molecule has 0 aliphatic carbocycles. The fourth-order valence-corrected chi connectivity index (χ4v) is 2.71. The van der Waals surface area contributed by atoms with Crippen LogP contribution in [0.5, 0.6) is 23.0 Å². The van der Waals surface area contributed by atoms with Gasteiger partial charge in [0.05, 0.1) is 36.3 Å². The highest BCUT2D eigenvalue weighted by atomic mass is 35.5. The zero-order valence-electron chi connectivity index (χ0n) is 13.5. The molecule has 0 amide bonds. The van der Waals surface area contributed by atoms with Crippen molar-refractivity contribution >= 4 is 17.3 Å². The lowest BCUT2D eigenvalue weighted by Crippen LogP contribution is -2.01. The first kappa shape index (κ1) is 17.2. The molecule has 2 aromatic rings. The van der Waals surface area contributed by atoms with E-state index in [1.807, 2.05) is 0 Å². The van der Waals surface area contributed by atoms with Crippen molar-refractivity contribution in [3.05, 3.63) is 51.0 Å². The van der Waals surface area contributed by atoms with Gasteiger partial charge in [0.1, 0.15) is 12.4 Å². The third-order valence-electron chi connectivity index (χ3n) is 3.62. The maximum absolute atomic E-state index is 11.2. The number of ether oxygens (including phenoxy) is 4. The molecule has 0 N–H and O–H groups in total. The summed E-state index contributed by atoms with van der Waals surface area (Å²) < 4.78 is 21.8. The molecule has 2 aromatic carbocycles. The summed E-state index contributed by atoms with van der Waals surface area (Å²) in [5, 5.41) is 11.6. The predicted molar refractivity (Wildman–Crippen MR) is 91.0 cm³/mol. The topological polar surface area (TPSA) is 80.1 Å². The molecule has 132 valence electrons. The normalized spacial score (nSPS) is 13.0. The van der Waals surface area contributed by atoms with E-state index in [0.29, 0.717) is 35.5 Å². The molecule has 8 heteroatoms. The molecule has 1 aliphatic heterocycles. The molecule has 0 saturated carbocycles. The Balaban J connectivity index is 1.81. The Morgan fingerprint density at radius 3 is 2.80 bits per heavy atom. The van der Waals surface area contributed by atoms with Crippen molar-refractivity contribution in [1.82, 2.24) is 0 Å². The van der Waals surface area contributed by atoms with Crippen molar-refractivity contribution in [2.24, 2.45) is 0 Å². The molecule has 0 bridgehead atoms. The van der Waals surface area contributed by atoms with Gasteiger partial charge in [0.2, 0.25) is 0 Å². The van der Waals surface area contributed by atoms with E-state index in [9.17, 15) is 10.1 Å². The lowest BCUT2D eigenvalue weighted by Gasteiger charge is -2.12.